The van der Waals surface area contributed by atoms with E-state index in [4.69, 9.17) is 0 Å². The molecular weight excluding hydrogens is 242 g/mol. The normalized spacial score (nSPS) is 17.2. The van der Waals surface area contributed by atoms with Crippen LogP contribution in [0.25, 0.3) is 0 Å². The second kappa shape index (κ2) is 5.99. The smallest absolute Gasteiger partial charge is 0.254 e. The Balaban J connectivity index is 1.93. The predicted molar refractivity (Wildman–Crippen MR) is 74.9 cm³/mol. The summed E-state index contributed by atoms with van der Waals surface area (Å²) in [5.74, 6) is 0.749. The highest BCUT2D eigenvalue weighted by molar-refractivity contribution is 5.93. The van der Waals surface area contributed by atoms with Crippen molar-refractivity contribution in [3.8, 4) is 0 Å². The fourth-order valence-electron chi connectivity index (χ4n) is 1.92. The van der Waals surface area contributed by atoms with Gasteiger partial charge in [0.1, 0.15) is 5.82 Å². The number of pyridine rings is 1. The molecule has 6 heteroatoms. The molecule has 0 aromatic carbocycles. The maximum atomic E-state index is 11.7. The van der Waals surface area contributed by atoms with Crippen LogP contribution < -0.4 is 5.43 Å². The van der Waals surface area contributed by atoms with Gasteiger partial charge in [-0.05, 0) is 19.2 Å². The molecule has 1 aliphatic heterocycles. The van der Waals surface area contributed by atoms with E-state index < -0.39 is 0 Å². The second-order valence-corrected chi connectivity index (χ2v) is 5.03. The van der Waals surface area contributed by atoms with E-state index in [1.165, 1.54) is 0 Å². The topological polar surface area (TPSA) is 51.7 Å². The lowest BCUT2D eigenvalue weighted by atomic mass is 10.2. The highest BCUT2D eigenvalue weighted by atomic mass is 16.2. The van der Waals surface area contributed by atoms with E-state index in [0.29, 0.717) is 5.56 Å². The molecule has 2 rings (SSSR count). The van der Waals surface area contributed by atoms with Crippen molar-refractivity contribution in [3.63, 3.8) is 0 Å². The number of amides is 1. The molecule has 1 aromatic rings. The van der Waals surface area contributed by atoms with Gasteiger partial charge in [-0.25, -0.2) is 9.99 Å². The van der Waals surface area contributed by atoms with Crippen LogP contribution in [0.4, 0.5) is 5.82 Å². The van der Waals surface area contributed by atoms with Gasteiger partial charge in [0, 0.05) is 46.5 Å². The van der Waals surface area contributed by atoms with E-state index in [-0.39, 0.29) is 5.91 Å². The number of hydrogen-bond acceptors (Lipinski definition) is 5. The van der Waals surface area contributed by atoms with Gasteiger partial charge in [-0.15, -0.1) is 0 Å². The van der Waals surface area contributed by atoms with E-state index in [1.54, 1.807) is 31.3 Å². The van der Waals surface area contributed by atoms with E-state index in [0.717, 1.165) is 32.0 Å². The molecular formula is C13H21N5O. The zero-order valence-electron chi connectivity index (χ0n) is 11.8. The van der Waals surface area contributed by atoms with Crippen molar-refractivity contribution in [2.75, 3.05) is 52.7 Å². The average molecular weight is 263 g/mol. The van der Waals surface area contributed by atoms with Crippen molar-refractivity contribution < 1.29 is 4.79 Å². The summed E-state index contributed by atoms with van der Waals surface area (Å²) in [4.78, 5) is 19.9. The number of rotatable bonds is 3. The lowest BCUT2D eigenvalue weighted by molar-refractivity contribution is 0.0827. The van der Waals surface area contributed by atoms with Crippen molar-refractivity contribution >= 4 is 11.7 Å². The standard InChI is InChI=1S/C13H21N5O/c1-16(2)13(19)11-4-5-12(14-10-11)15-18-8-6-17(3)7-9-18/h4-5,10H,6-9H2,1-3H3,(H,14,15). The zero-order valence-corrected chi connectivity index (χ0v) is 11.8. The molecule has 1 aromatic heterocycles. The first-order valence-electron chi connectivity index (χ1n) is 6.44. The minimum Gasteiger partial charge on any atom is -0.345 e. The van der Waals surface area contributed by atoms with Gasteiger partial charge >= 0.3 is 0 Å². The van der Waals surface area contributed by atoms with Gasteiger partial charge in [-0.1, -0.05) is 0 Å². The van der Waals surface area contributed by atoms with Crippen molar-refractivity contribution in [2.45, 2.75) is 0 Å². The number of carbonyl (C=O) groups is 1. The predicted octanol–water partition coefficient (Wildman–Crippen LogP) is 0.358. The van der Waals surface area contributed by atoms with E-state index in [2.05, 4.69) is 27.4 Å². The summed E-state index contributed by atoms with van der Waals surface area (Å²) in [5.41, 5.74) is 3.87. The maximum absolute atomic E-state index is 11.7. The van der Waals surface area contributed by atoms with Crippen LogP contribution >= 0.6 is 0 Å². The number of anilines is 1. The third kappa shape index (κ3) is 3.65. The third-order valence-electron chi connectivity index (χ3n) is 3.19. The molecule has 0 bridgehead atoms. The summed E-state index contributed by atoms with van der Waals surface area (Å²) < 4.78 is 0. The van der Waals surface area contributed by atoms with Crippen LogP contribution in [-0.2, 0) is 0 Å². The van der Waals surface area contributed by atoms with Crippen LogP contribution in [0.1, 0.15) is 10.4 Å². The minimum atomic E-state index is -0.0290. The molecule has 104 valence electrons. The summed E-state index contributed by atoms with van der Waals surface area (Å²) in [7, 11) is 5.59. The SMILES string of the molecule is CN1CCN(Nc2ccc(C(=O)N(C)C)cn2)CC1. The number of piperazine rings is 1. The van der Waals surface area contributed by atoms with E-state index in [1.807, 2.05) is 6.07 Å². The molecule has 0 unspecified atom stereocenters. The van der Waals surface area contributed by atoms with Gasteiger partial charge in [0.05, 0.1) is 5.56 Å². The fraction of sp³-hybridized carbons (Fsp3) is 0.538. The second-order valence-electron chi connectivity index (χ2n) is 5.03. The lowest BCUT2D eigenvalue weighted by Gasteiger charge is -2.32. The molecule has 19 heavy (non-hydrogen) atoms. The van der Waals surface area contributed by atoms with Gasteiger partial charge in [0.2, 0.25) is 0 Å². The van der Waals surface area contributed by atoms with Crippen LogP contribution in [-0.4, -0.2) is 73.0 Å². The van der Waals surface area contributed by atoms with Crippen LogP contribution in [0, 0.1) is 0 Å². The monoisotopic (exact) mass is 263 g/mol. The minimum absolute atomic E-state index is 0.0290. The van der Waals surface area contributed by atoms with Gasteiger partial charge in [-0.3, -0.25) is 4.79 Å². The number of nitrogens with one attached hydrogen (secondary N) is 1. The maximum Gasteiger partial charge on any atom is 0.254 e. The van der Waals surface area contributed by atoms with Gasteiger partial charge in [0.15, 0.2) is 0 Å². The molecule has 6 nitrogen and oxygen atoms in total. The first-order chi connectivity index (χ1) is 9.06. The van der Waals surface area contributed by atoms with Crippen LogP contribution in [0.15, 0.2) is 18.3 Å². The molecule has 1 amide bonds. The van der Waals surface area contributed by atoms with Crippen molar-refractivity contribution in [1.29, 1.82) is 0 Å². The Labute approximate surface area is 114 Å². The van der Waals surface area contributed by atoms with Gasteiger partial charge < -0.3 is 15.2 Å². The average Bonchev–Trinajstić information content (AvgIpc) is 2.41. The zero-order chi connectivity index (χ0) is 13.8. The number of likely N-dealkylation sites (N-methyl/N-ethyl adjacent to an activating group) is 1. The largest absolute Gasteiger partial charge is 0.345 e. The summed E-state index contributed by atoms with van der Waals surface area (Å²) in [6.45, 7) is 4.03. The molecule has 0 spiro atoms. The summed E-state index contributed by atoms with van der Waals surface area (Å²) >= 11 is 0. The first-order valence-corrected chi connectivity index (χ1v) is 6.44. The number of nitrogens with zero attached hydrogens (tertiary/aromatic N) is 4. The van der Waals surface area contributed by atoms with Crippen LogP contribution in [0.3, 0.4) is 0 Å². The number of carbonyl (C=O) groups excluding carboxylic acids is 1. The number of hydrazine groups is 1. The number of aromatic nitrogens is 1. The lowest BCUT2D eigenvalue weighted by Crippen LogP contribution is -2.47. The molecule has 0 aliphatic carbocycles. The summed E-state index contributed by atoms with van der Waals surface area (Å²) in [5, 5.41) is 2.15. The fourth-order valence-corrected chi connectivity index (χ4v) is 1.92. The highest BCUT2D eigenvalue weighted by Gasteiger charge is 2.14. The Kier molecular flexibility index (Phi) is 4.34. The summed E-state index contributed by atoms with van der Waals surface area (Å²) in [6.07, 6.45) is 1.61. The van der Waals surface area contributed by atoms with Gasteiger partial charge in [0.25, 0.3) is 5.91 Å². The molecule has 0 radical (unpaired) electrons. The molecule has 2 heterocycles. The molecule has 1 N–H and O–H groups in total. The molecule has 0 saturated carbocycles. The molecule has 1 fully saturated rings. The molecule has 1 saturated heterocycles. The van der Waals surface area contributed by atoms with E-state index in [9.17, 15) is 4.79 Å². The summed E-state index contributed by atoms with van der Waals surface area (Å²) in [6, 6.07) is 3.64. The van der Waals surface area contributed by atoms with Crippen LogP contribution in [0.2, 0.25) is 0 Å². The number of hydrogen-bond donors (Lipinski definition) is 1. The Hall–Kier alpha value is -1.66. The Bertz CT molecular complexity index is 423. The Morgan fingerprint density at radius 2 is 1.95 bits per heavy atom. The van der Waals surface area contributed by atoms with Crippen molar-refractivity contribution in [1.82, 2.24) is 19.8 Å². The highest BCUT2D eigenvalue weighted by Crippen LogP contribution is 2.09. The van der Waals surface area contributed by atoms with Gasteiger partial charge in [-0.2, -0.15) is 0 Å². The molecule has 0 atom stereocenters. The quantitative estimate of drug-likeness (QED) is 0.853. The molecule has 1 aliphatic rings. The van der Waals surface area contributed by atoms with Crippen molar-refractivity contribution in [2.24, 2.45) is 0 Å². The Morgan fingerprint density at radius 1 is 1.26 bits per heavy atom. The van der Waals surface area contributed by atoms with Crippen LogP contribution in [0.5, 0.6) is 0 Å². The van der Waals surface area contributed by atoms with Crippen molar-refractivity contribution in [3.05, 3.63) is 23.9 Å². The third-order valence-corrected chi connectivity index (χ3v) is 3.19. The first kappa shape index (κ1) is 13.8. The van der Waals surface area contributed by atoms with E-state index >= 15 is 0 Å². The Morgan fingerprint density at radius 3 is 2.47 bits per heavy atom.